The highest BCUT2D eigenvalue weighted by molar-refractivity contribution is 7.86. The van der Waals surface area contributed by atoms with Crippen LogP contribution in [0.2, 0.25) is 0 Å². The number of aromatic hydroxyl groups is 1. The number of hydrogen-bond donors (Lipinski definition) is 2. The van der Waals surface area contributed by atoms with Gasteiger partial charge >= 0.3 is 0 Å². The molecule has 1 rings (SSSR count). The van der Waals surface area contributed by atoms with Crippen molar-refractivity contribution in [2.75, 3.05) is 0 Å². The maximum absolute atomic E-state index is 12.5. The number of phenols is 1. The average Bonchev–Trinajstić information content (AvgIpc) is 2.53. The van der Waals surface area contributed by atoms with Crippen molar-refractivity contribution in [2.24, 2.45) is 0 Å². The third kappa shape index (κ3) is 4.96. The Morgan fingerprint density at radius 1 is 0.958 bits per heavy atom. The predicted molar refractivity (Wildman–Crippen MR) is 99.0 cm³/mol. The van der Waals surface area contributed by atoms with Crippen LogP contribution in [-0.2, 0) is 21.3 Å². The fraction of sp³-hybridized carbons (Fsp3) is 0.684. The summed E-state index contributed by atoms with van der Waals surface area (Å²) in [7, 11) is -4.27. The minimum Gasteiger partial charge on any atom is -0.508 e. The van der Waals surface area contributed by atoms with Gasteiger partial charge in [-0.3, -0.25) is 4.55 Å². The molecule has 4 nitrogen and oxygen atoms in total. The van der Waals surface area contributed by atoms with Crippen molar-refractivity contribution in [2.45, 2.75) is 83.3 Å². The van der Waals surface area contributed by atoms with Crippen LogP contribution in [-0.4, -0.2) is 18.1 Å². The zero-order valence-electron chi connectivity index (χ0n) is 15.2. The van der Waals surface area contributed by atoms with Gasteiger partial charge in [0, 0.05) is 0 Å². The fourth-order valence-corrected chi connectivity index (χ4v) is 4.60. The van der Waals surface area contributed by atoms with E-state index >= 15 is 0 Å². The molecule has 0 aromatic heterocycles. The first-order valence-corrected chi connectivity index (χ1v) is 10.6. The molecule has 0 aliphatic carbocycles. The third-order valence-electron chi connectivity index (χ3n) is 4.74. The smallest absolute Gasteiger partial charge is 0.274 e. The van der Waals surface area contributed by atoms with E-state index in [0.29, 0.717) is 24.8 Å². The van der Waals surface area contributed by atoms with E-state index in [0.717, 1.165) is 44.1 Å². The lowest BCUT2D eigenvalue weighted by atomic mass is 9.84. The second kappa shape index (κ2) is 9.42. The molecule has 1 aromatic carbocycles. The van der Waals surface area contributed by atoms with Gasteiger partial charge in [-0.2, -0.15) is 8.42 Å². The summed E-state index contributed by atoms with van der Waals surface area (Å²) < 4.78 is 33.8. The molecule has 0 unspecified atom stereocenters. The molecule has 0 aliphatic heterocycles. The van der Waals surface area contributed by atoms with Crippen molar-refractivity contribution in [1.82, 2.24) is 0 Å². The number of benzene rings is 1. The molecule has 0 spiro atoms. The van der Waals surface area contributed by atoms with Gasteiger partial charge in [-0.1, -0.05) is 58.9 Å². The number of hydrogen-bond acceptors (Lipinski definition) is 3. The lowest BCUT2D eigenvalue weighted by molar-refractivity contribution is 0.379. The lowest BCUT2D eigenvalue weighted by Gasteiger charge is -2.33. The minimum atomic E-state index is -4.27. The van der Waals surface area contributed by atoms with Crippen LogP contribution in [0.25, 0.3) is 0 Å². The third-order valence-corrected chi connectivity index (χ3v) is 6.36. The van der Waals surface area contributed by atoms with E-state index in [1.54, 1.807) is 12.1 Å². The van der Waals surface area contributed by atoms with Gasteiger partial charge < -0.3 is 5.11 Å². The Morgan fingerprint density at radius 3 is 1.96 bits per heavy atom. The highest BCUT2D eigenvalue weighted by Crippen LogP contribution is 2.42. The van der Waals surface area contributed by atoms with Gasteiger partial charge in [-0.25, -0.2) is 0 Å². The standard InChI is InChI=1S/C19H32O4S/c1-4-7-10-16-15-17(20)11-12-18(16)19(13-8-5-2,14-9-6-3)24(21,22)23/h11-12,15,20H,4-10,13-14H2,1-3H3,(H,21,22,23). The molecule has 1 aromatic rings. The Morgan fingerprint density at radius 2 is 1.50 bits per heavy atom. The first-order valence-electron chi connectivity index (χ1n) is 9.11. The second-order valence-electron chi connectivity index (χ2n) is 6.62. The first kappa shape index (κ1) is 21.0. The predicted octanol–water partition coefficient (Wildman–Crippen LogP) is 5.20. The van der Waals surface area contributed by atoms with Crippen molar-refractivity contribution >= 4 is 10.1 Å². The number of phenolic OH excluding ortho intramolecular Hbond substituents is 1. The van der Waals surface area contributed by atoms with E-state index in [9.17, 15) is 18.1 Å². The van der Waals surface area contributed by atoms with Gasteiger partial charge in [0.05, 0.1) is 0 Å². The Hall–Kier alpha value is -1.07. The summed E-state index contributed by atoms with van der Waals surface area (Å²) in [4.78, 5) is 0. The van der Waals surface area contributed by atoms with Gasteiger partial charge in [0.1, 0.15) is 10.5 Å². The Kier molecular flexibility index (Phi) is 8.23. The van der Waals surface area contributed by atoms with E-state index < -0.39 is 14.9 Å². The largest absolute Gasteiger partial charge is 0.508 e. The molecule has 0 aliphatic rings. The quantitative estimate of drug-likeness (QED) is 0.534. The molecule has 0 saturated heterocycles. The zero-order valence-corrected chi connectivity index (χ0v) is 16.0. The van der Waals surface area contributed by atoms with Crippen molar-refractivity contribution in [3.63, 3.8) is 0 Å². The van der Waals surface area contributed by atoms with Crippen LogP contribution < -0.4 is 0 Å². The average molecular weight is 357 g/mol. The molecule has 138 valence electrons. The normalized spacial score (nSPS) is 12.5. The van der Waals surface area contributed by atoms with Crippen LogP contribution >= 0.6 is 0 Å². The molecule has 5 heteroatoms. The number of rotatable bonds is 11. The Bertz CT molecular complexity index is 600. The minimum absolute atomic E-state index is 0.139. The second-order valence-corrected chi connectivity index (χ2v) is 8.35. The highest BCUT2D eigenvalue weighted by Gasteiger charge is 2.44. The van der Waals surface area contributed by atoms with E-state index in [1.807, 2.05) is 13.8 Å². The molecule has 0 bridgehead atoms. The van der Waals surface area contributed by atoms with Crippen molar-refractivity contribution in [1.29, 1.82) is 0 Å². The Balaban J connectivity index is 3.51. The maximum Gasteiger partial charge on any atom is 0.274 e. The molecule has 24 heavy (non-hydrogen) atoms. The molecule has 0 heterocycles. The summed E-state index contributed by atoms with van der Waals surface area (Å²) in [5, 5.41) is 9.85. The SMILES string of the molecule is CCCCc1cc(O)ccc1C(CCCC)(CCCC)S(=O)(=O)O. The maximum atomic E-state index is 12.5. The van der Waals surface area contributed by atoms with E-state index in [-0.39, 0.29) is 5.75 Å². The van der Waals surface area contributed by atoms with E-state index in [2.05, 4.69) is 6.92 Å². The Labute approximate surface area is 147 Å². The van der Waals surface area contributed by atoms with Gasteiger partial charge in [0.25, 0.3) is 10.1 Å². The summed E-state index contributed by atoms with van der Waals surface area (Å²) >= 11 is 0. The molecule has 0 fully saturated rings. The number of aryl methyl sites for hydroxylation is 1. The van der Waals surface area contributed by atoms with Crippen molar-refractivity contribution < 1.29 is 18.1 Å². The van der Waals surface area contributed by atoms with Crippen LogP contribution in [0.5, 0.6) is 5.75 Å². The van der Waals surface area contributed by atoms with E-state index in [1.165, 1.54) is 6.07 Å². The first-order chi connectivity index (χ1) is 11.3. The van der Waals surface area contributed by atoms with Crippen LogP contribution in [0.15, 0.2) is 18.2 Å². The summed E-state index contributed by atoms with van der Waals surface area (Å²) in [5.74, 6) is 0.139. The summed E-state index contributed by atoms with van der Waals surface area (Å²) in [6.45, 7) is 6.11. The lowest BCUT2D eigenvalue weighted by Crippen LogP contribution is -2.36. The zero-order chi connectivity index (χ0) is 18.2. The van der Waals surface area contributed by atoms with Crippen molar-refractivity contribution in [3.05, 3.63) is 29.3 Å². The molecule has 0 atom stereocenters. The van der Waals surface area contributed by atoms with Crippen LogP contribution in [0.3, 0.4) is 0 Å². The molecule has 2 N–H and O–H groups in total. The highest BCUT2D eigenvalue weighted by atomic mass is 32.2. The molecule has 0 saturated carbocycles. The summed E-state index contributed by atoms with van der Waals surface area (Å²) in [6, 6.07) is 4.88. The van der Waals surface area contributed by atoms with Crippen LogP contribution in [0.4, 0.5) is 0 Å². The van der Waals surface area contributed by atoms with E-state index in [4.69, 9.17) is 0 Å². The van der Waals surface area contributed by atoms with Crippen LogP contribution in [0.1, 0.15) is 83.3 Å². The van der Waals surface area contributed by atoms with Gasteiger partial charge in [-0.15, -0.1) is 0 Å². The molecular formula is C19H32O4S. The summed E-state index contributed by atoms with van der Waals surface area (Å²) in [6.07, 6.45) is 6.62. The fourth-order valence-electron chi connectivity index (χ4n) is 3.31. The topological polar surface area (TPSA) is 74.6 Å². The van der Waals surface area contributed by atoms with Gasteiger partial charge in [0.2, 0.25) is 0 Å². The molecular weight excluding hydrogens is 324 g/mol. The van der Waals surface area contributed by atoms with Crippen LogP contribution in [0, 0.1) is 0 Å². The monoisotopic (exact) mass is 356 g/mol. The molecule has 0 radical (unpaired) electrons. The van der Waals surface area contributed by atoms with Gasteiger partial charge in [0.15, 0.2) is 0 Å². The number of unbranched alkanes of at least 4 members (excludes halogenated alkanes) is 3. The van der Waals surface area contributed by atoms with Gasteiger partial charge in [-0.05, 0) is 48.9 Å². The molecule has 0 amide bonds. The summed E-state index contributed by atoms with van der Waals surface area (Å²) in [5.41, 5.74) is 1.50. The van der Waals surface area contributed by atoms with Crippen molar-refractivity contribution in [3.8, 4) is 5.75 Å².